The number of benzene rings is 1. The van der Waals surface area contributed by atoms with Crippen molar-refractivity contribution < 1.29 is 9.53 Å². The van der Waals surface area contributed by atoms with Gasteiger partial charge in [-0.2, -0.15) is 5.10 Å². The molecule has 1 aromatic carbocycles. The van der Waals surface area contributed by atoms with E-state index in [1.807, 2.05) is 17.5 Å². The van der Waals surface area contributed by atoms with Crippen LogP contribution in [0.5, 0.6) is 5.75 Å². The summed E-state index contributed by atoms with van der Waals surface area (Å²) in [4.78, 5) is 12.8. The van der Waals surface area contributed by atoms with Gasteiger partial charge in [0.05, 0.1) is 16.9 Å². The van der Waals surface area contributed by atoms with Crippen LogP contribution < -0.4 is 10.2 Å². The Morgan fingerprint density at radius 3 is 2.95 bits per heavy atom. The number of nitrogens with one attached hydrogen (secondary N) is 1. The Morgan fingerprint density at radius 2 is 2.32 bits per heavy atom. The van der Waals surface area contributed by atoms with Crippen LogP contribution in [0.1, 0.15) is 15.2 Å². The minimum atomic E-state index is -0.242. The van der Waals surface area contributed by atoms with Crippen LogP contribution in [0.3, 0.4) is 0 Å². The van der Waals surface area contributed by atoms with Crippen molar-refractivity contribution in [3.05, 3.63) is 49.7 Å². The van der Waals surface area contributed by atoms with Gasteiger partial charge in [-0.3, -0.25) is 4.79 Å². The molecule has 1 heterocycles. The Labute approximate surface area is 128 Å². The molecule has 1 amide bonds. The van der Waals surface area contributed by atoms with Crippen LogP contribution in [0, 0.1) is 3.57 Å². The molecular formula is C13H11IN2O2S. The van der Waals surface area contributed by atoms with Gasteiger partial charge >= 0.3 is 0 Å². The van der Waals surface area contributed by atoms with E-state index < -0.39 is 0 Å². The van der Waals surface area contributed by atoms with Gasteiger partial charge in [-0.25, -0.2) is 5.43 Å². The number of hydrogen-bond donors (Lipinski definition) is 1. The van der Waals surface area contributed by atoms with Gasteiger partial charge in [-0.05, 0) is 52.2 Å². The molecule has 98 valence electrons. The number of amides is 1. The molecule has 0 spiro atoms. The van der Waals surface area contributed by atoms with Crippen LogP contribution in [0.15, 0.2) is 40.8 Å². The van der Waals surface area contributed by atoms with E-state index in [0.29, 0.717) is 5.56 Å². The largest absolute Gasteiger partial charge is 0.496 e. The first-order valence-electron chi connectivity index (χ1n) is 5.41. The van der Waals surface area contributed by atoms with E-state index in [-0.39, 0.29) is 5.91 Å². The van der Waals surface area contributed by atoms with Gasteiger partial charge in [0.25, 0.3) is 5.91 Å². The summed E-state index contributed by atoms with van der Waals surface area (Å²) in [6.07, 6.45) is 1.62. The van der Waals surface area contributed by atoms with E-state index in [1.54, 1.807) is 42.9 Å². The third kappa shape index (κ3) is 3.77. The van der Waals surface area contributed by atoms with Crippen LogP contribution in [-0.2, 0) is 0 Å². The number of ether oxygens (including phenoxy) is 1. The molecule has 2 rings (SSSR count). The van der Waals surface area contributed by atoms with Crippen LogP contribution in [0.25, 0.3) is 0 Å². The quantitative estimate of drug-likeness (QED) is 0.499. The van der Waals surface area contributed by atoms with E-state index in [4.69, 9.17) is 4.74 Å². The SMILES string of the molecule is COc1ccc(C(=O)N/N=C\c2cccs2)cc1I. The summed E-state index contributed by atoms with van der Waals surface area (Å²) in [5.41, 5.74) is 3.04. The second-order valence-corrected chi connectivity index (χ2v) is 5.71. The summed E-state index contributed by atoms with van der Waals surface area (Å²) in [5, 5.41) is 5.87. The van der Waals surface area contributed by atoms with Crippen molar-refractivity contribution in [3.8, 4) is 5.75 Å². The van der Waals surface area contributed by atoms with Crippen molar-refractivity contribution in [1.29, 1.82) is 0 Å². The van der Waals surface area contributed by atoms with Crippen molar-refractivity contribution in [2.45, 2.75) is 0 Å². The lowest BCUT2D eigenvalue weighted by molar-refractivity contribution is 0.0955. The first-order valence-corrected chi connectivity index (χ1v) is 7.37. The maximum Gasteiger partial charge on any atom is 0.271 e. The fourth-order valence-corrected chi connectivity index (χ4v) is 2.71. The molecule has 0 aliphatic carbocycles. The van der Waals surface area contributed by atoms with E-state index in [0.717, 1.165) is 14.2 Å². The van der Waals surface area contributed by atoms with Crippen molar-refractivity contribution >= 4 is 46.0 Å². The summed E-state index contributed by atoms with van der Waals surface area (Å²) < 4.78 is 6.03. The molecule has 19 heavy (non-hydrogen) atoms. The summed E-state index contributed by atoms with van der Waals surface area (Å²) in [6, 6.07) is 9.09. The number of thiophene rings is 1. The molecule has 0 saturated carbocycles. The molecule has 1 N–H and O–H groups in total. The molecule has 0 unspecified atom stereocenters. The first kappa shape index (κ1) is 14.0. The lowest BCUT2D eigenvalue weighted by Crippen LogP contribution is -2.17. The van der Waals surface area contributed by atoms with E-state index >= 15 is 0 Å². The number of halogens is 1. The minimum absolute atomic E-state index is 0.242. The highest BCUT2D eigenvalue weighted by Crippen LogP contribution is 2.21. The Hall–Kier alpha value is -1.41. The fourth-order valence-electron chi connectivity index (χ4n) is 1.39. The minimum Gasteiger partial charge on any atom is -0.496 e. The van der Waals surface area contributed by atoms with Crippen LogP contribution in [0.2, 0.25) is 0 Å². The molecule has 2 aromatic rings. The van der Waals surface area contributed by atoms with Crippen LogP contribution in [0.4, 0.5) is 0 Å². The highest BCUT2D eigenvalue weighted by atomic mass is 127. The number of hydrogen-bond acceptors (Lipinski definition) is 4. The lowest BCUT2D eigenvalue weighted by Gasteiger charge is -2.05. The standard InChI is InChI=1S/C13H11IN2O2S/c1-18-12-5-4-9(7-11(12)14)13(17)16-15-8-10-3-2-6-19-10/h2-8H,1H3,(H,16,17)/b15-8-. The average Bonchev–Trinajstić information content (AvgIpc) is 2.91. The molecule has 0 bridgehead atoms. The van der Waals surface area contributed by atoms with Gasteiger partial charge in [-0.1, -0.05) is 6.07 Å². The van der Waals surface area contributed by atoms with Crippen molar-refractivity contribution in [3.63, 3.8) is 0 Å². The molecule has 0 radical (unpaired) electrons. The maximum absolute atomic E-state index is 11.9. The second kappa shape index (κ2) is 6.67. The average molecular weight is 386 g/mol. The van der Waals surface area contributed by atoms with Gasteiger partial charge in [0.2, 0.25) is 0 Å². The number of hydrazone groups is 1. The predicted octanol–water partition coefficient (Wildman–Crippen LogP) is 3.13. The molecule has 0 aliphatic heterocycles. The summed E-state index contributed by atoms with van der Waals surface area (Å²) >= 11 is 3.68. The third-order valence-corrected chi connectivity index (χ3v) is 3.96. The van der Waals surface area contributed by atoms with Gasteiger partial charge in [0.1, 0.15) is 5.75 Å². The summed E-state index contributed by atoms with van der Waals surface area (Å²) in [6.45, 7) is 0. The lowest BCUT2D eigenvalue weighted by atomic mass is 10.2. The normalized spacial score (nSPS) is 10.6. The second-order valence-electron chi connectivity index (χ2n) is 3.56. The molecule has 1 aromatic heterocycles. The van der Waals surface area contributed by atoms with Gasteiger partial charge in [0, 0.05) is 10.4 Å². The number of carbonyl (C=O) groups is 1. The molecule has 0 fully saturated rings. The number of rotatable bonds is 4. The monoisotopic (exact) mass is 386 g/mol. The summed E-state index contributed by atoms with van der Waals surface area (Å²) in [7, 11) is 1.60. The van der Waals surface area contributed by atoms with Crippen molar-refractivity contribution in [2.75, 3.05) is 7.11 Å². The number of carbonyl (C=O) groups excluding carboxylic acids is 1. The highest BCUT2D eigenvalue weighted by Gasteiger charge is 2.07. The Morgan fingerprint density at radius 1 is 1.47 bits per heavy atom. The Balaban J connectivity index is 2.02. The molecule has 0 aliphatic rings. The molecule has 6 heteroatoms. The summed E-state index contributed by atoms with van der Waals surface area (Å²) in [5.74, 6) is 0.507. The zero-order valence-corrected chi connectivity index (χ0v) is 13.1. The molecule has 0 atom stereocenters. The zero-order valence-electron chi connectivity index (χ0n) is 10.1. The third-order valence-electron chi connectivity index (χ3n) is 2.32. The maximum atomic E-state index is 11.9. The van der Waals surface area contributed by atoms with Gasteiger partial charge in [0.15, 0.2) is 0 Å². The van der Waals surface area contributed by atoms with Crippen molar-refractivity contribution in [1.82, 2.24) is 5.43 Å². The Kier molecular flexibility index (Phi) is 4.92. The van der Waals surface area contributed by atoms with Crippen LogP contribution >= 0.6 is 33.9 Å². The molecule has 0 saturated heterocycles. The topological polar surface area (TPSA) is 50.7 Å². The van der Waals surface area contributed by atoms with E-state index in [1.165, 1.54) is 0 Å². The fraction of sp³-hybridized carbons (Fsp3) is 0.0769. The van der Waals surface area contributed by atoms with E-state index in [9.17, 15) is 4.79 Å². The highest BCUT2D eigenvalue weighted by molar-refractivity contribution is 14.1. The smallest absolute Gasteiger partial charge is 0.271 e. The van der Waals surface area contributed by atoms with E-state index in [2.05, 4.69) is 33.1 Å². The van der Waals surface area contributed by atoms with Gasteiger partial charge < -0.3 is 4.74 Å². The van der Waals surface area contributed by atoms with Gasteiger partial charge in [-0.15, -0.1) is 11.3 Å². The van der Waals surface area contributed by atoms with Crippen LogP contribution in [-0.4, -0.2) is 19.2 Å². The van der Waals surface area contributed by atoms with Crippen molar-refractivity contribution in [2.24, 2.45) is 5.10 Å². The molecule has 4 nitrogen and oxygen atoms in total. The Bertz CT molecular complexity index is 597. The zero-order chi connectivity index (χ0) is 13.7. The number of nitrogens with zero attached hydrogens (tertiary/aromatic N) is 1. The molecular weight excluding hydrogens is 375 g/mol. The number of methoxy groups -OCH3 is 1. The first-order chi connectivity index (χ1) is 9.20. The predicted molar refractivity (Wildman–Crippen MR) is 85.1 cm³/mol.